The van der Waals surface area contributed by atoms with Gasteiger partial charge in [0.25, 0.3) is 0 Å². The van der Waals surface area contributed by atoms with Crippen molar-refractivity contribution in [3.63, 3.8) is 0 Å². The zero-order valence-electron chi connectivity index (χ0n) is 11.9. The SMILES string of the molecule is C=C(C)CN=C1Nc2ccccc2NC12CCOCC2. The molecule has 3 rings (SSSR count). The Morgan fingerprint density at radius 2 is 2.00 bits per heavy atom. The Bertz CT molecular complexity index is 544. The number of hydrogen-bond acceptors (Lipinski definition) is 3. The van der Waals surface area contributed by atoms with E-state index in [1.54, 1.807) is 0 Å². The quantitative estimate of drug-likeness (QED) is 0.813. The number of fused-ring (bicyclic) bond motifs is 1. The molecule has 2 heterocycles. The van der Waals surface area contributed by atoms with E-state index < -0.39 is 0 Å². The van der Waals surface area contributed by atoms with E-state index in [2.05, 4.69) is 35.4 Å². The summed E-state index contributed by atoms with van der Waals surface area (Å²) in [5, 5.41) is 7.19. The highest BCUT2D eigenvalue weighted by Crippen LogP contribution is 2.36. The van der Waals surface area contributed by atoms with Crippen LogP contribution in [0.2, 0.25) is 0 Å². The lowest BCUT2D eigenvalue weighted by Gasteiger charge is -2.43. The average Bonchev–Trinajstić information content (AvgIpc) is 2.46. The third-order valence-corrected chi connectivity index (χ3v) is 3.86. The molecule has 1 aromatic carbocycles. The van der Waals surface area contributed by atoms with Crippen LogP contribution < -0.4 is 10.6 Å². The van der Waals surface area contributed by atoms with Crippen molar-refractivity contribution in [1.82, 2.24) is 0 Å². The summed E-state index contributed by atoms with van der Waals surface area (Å²) in [6.45, 7) is 8.14. The fourth-order valence-electron chi connectivity index (χ4n) is 2.75. The molecule has 0 amide bonds. The summed E-state index contributed by atoms with van der Waals surface area (Å²) in [6, 6.07) is 8.27. The molecule has 1 fully saturated rings. The number of benzene rings is 1. The molecule has 106 valence electrons. The van der Waals surface area contributed by atoms with Crippen LogP contribution in [0.4, 0.5) is 11.4 Å². The molecule has 0 radical (unpaired) electrons. The lowest BCUT2D eigenvalue weighted by atomic mass is 9.86. The zero-order valence-corrected chi connectivity index (χ0v) is 11.9. The first-order valence-electron chi connectivity index (χ1n) is 7.11. The first kappa shape index (κ1) is 13.2. The topological polar surface area (TPSA) is 45.7 Å². The summed E-state index contributed by atoms with van der Waals surface area (Å²) < 4.78 is 5.52. The van der Waals surface area contributed by atoms with Crippen LogP contribution in [0, 0.1) is 0 Å². The molecule has 4 heteroatoms. The fraction of sp³-hybridized carbons (Fsp3) is 0.438. The highest BCUT2D eigenvalue weighted by atomic mass is 16.5. The van der Waals surface area contributed by atoms with E-state index in [9.17, 15) is 0 Å². The summed E-state index contributed by atoms with van der Waals surface area (Å²) in [5.41, 5.74) is 3.18. The van der Waals surface area contributed by atoms with Gasteiger partial charge in [0.15, 0.2) is 0 Å². The van der Waals surface area contributed by atoms with Gasteiger partial charge in [-0.3, -0.25) is 4.99 Å². The van der Waals surface area contributed by atoms with E-state index in [4.69, 9.17) is 9.73 Å². The minimum Gasteiger partial charge on any atom is -0.381 e. The molecule has 0 atom stereocenters. The second kappa shape index (κ2) is 5.29. The lowest BCUT2D eigenvalue weighted by Crippen LogP contribution is -2.55. The fourth-order valence-corrected chi connectivity index (χ4v) is 2.75. The Hall–Kier alpha value is -1.81. The molecule has 1 aromatic rings. The summed E-state index contributed by atoms with van der Waals surface area (Å²) >= 11 is 0. The Kier molecular flexibility index (Phi) is 3.49. The molecule has 0 unspecified atom stereocenters. The first-order chi connectivity index (χ1) is 9.70. The predicted molar refractivity (Wildman–Crippen MR) is 83.6 cm³/mol. The van der Waals surface area contributed by atoms with Gasteiger partial charge in [0.05, 0.1) is 23.5 Å². The van der Waals surface area contributed by atoms with E-state index >= 15 is 0 Å². The molecule has 0 saturated carbocycles. The van der Waals surface area contributed by atoms with Crippen molar-refractivity contribution in [3.8, 4) is 0 Å². The number of amidine groups is 1. The van der Waals surface area contributed by atoms with Gasteiger partial charge in [-0.15, -0.1) is 0 Å². The Morgan fingerprint density at radius 3 is 2.70 bits per heavy atom. The number of anilines is 2. The summed E-state index contributed by atoms with van der Waals surface area (Å²) in [6.07, 6.45) is 1.87. The molecule has 20 heavy (non-hydrogen) atoms. The largest absolute Gasteiger partial charge is 0.381 e. The van der Waals surface area contributed by atoms with Crippen LogP contribution in [0.1, 0.15) is 19.8 Å². The number of nitrogens with zero attached hydrogens (tertiary/aromatic N) is 1. The number of hydrogen-bond donors (Lipinski definition) is 2. The molecule has 2 aliphatic heterocycles. The average molecular weight is 271 g/mol. The molecule has 0 aromatic heterocycles. The molecular weight excluding hydrogens is 250 g/mol. The van der Waals surface area contributed by atoms with Gasteiger partial charge in [0.1, 0.15) is 5.84 Å². The van der Waals surface area contributed by atoms with Crippen molar-refractivity contribution in [2.24, 2.45) is 4.99 Å². The Morgan fingerprint density at radius 1 is 1.30 bits per heavy atom. The summed E-state index contributed by atoms with van der Waals surface area (Å²) in [4.78, 5) is 4.75. The van der Waals surface area contributed by atoms with Crippen molar-refractivity contribution in [3.05, 3.63) is 36.4 Å². The summed E-state index contributed by atoms with van der Waals surface area (Å²) in [5.74, 6) is 1.02. The highest BCUT2D eigenvalue weighted by Gasteiger charge is 2.41. The van der Waals surface area contributed by atoms with Crippen molar-refractivity contribution in [2.45, 2.75) is 25.3 Å². The highest BCUT2D eigenvalue weighted by molar-refractivity contribution is 6.09. The molecule has 1 spiro atoms. The van der Waals surface area contributed by atoms with Crippen LogP contribution in [0.5, 0.6) is 0 Å². The Labute approximate surface area is 119 Å². The maximum Gasteiger partial charge on any atom is 0.127 e. The molecule has 4 nitrogen and oxygen atoms in total. The van der Waals surface area contributed by atoms with Crippen LogP contribution in [-0.4, -0.2) is 31.1 Å². The number of aliphatic imine (C=N–C) groups is 1. The normalized spacial score (nSPS) is 21.9. The van der Waals surface area contributed by atoms with Crippen molar-refractivity contribution >= 4 is 17.2 Å². The molecule has 1 saturated heterocycles. The van der Waals surface area contributed by atoms with Crippen molar-refractivity contribution in [1.29, 1.82) is 0 Å². The van der Waals surface area contributed by atoms with Crippen LogP contribution in [0.25, 0.3) is 0 Å². The van der Waals surface area contributed by atoms with Crippen LogP contribution in [0.15, 0.2) is 41.4 Å². The first-order valence-corrected chi connectivity index (χ1v) is 7.11. The number of nitrogens with one attached hydrogen (secondary N) is 2. The second-order valence-electron chi connectivity index (χ2n) is 5.61. The standard InChI is InChI=1S/C16H21N3O/c1-12(2)11-17-15-16(7-9-20-10-8-16)19-14-6-4-3-5-13(14)18-15/h3-6,19H,1,7-11H2,2H3,(H,17,18). The van der Waals surface area contributed by atoms with Crippen molar-refractivity contribution in [2.75, 3.05) is 30.4 Å². The van der Waals surface area contributed by atoms with Gasteiger partial charge < -0.3 is 15.4 Å². The number of rotatable bonds is 2. The van der Waals surface area contributed by atoms with E-state index in [0.29, 0.717) is 6.54 Å². The van der Waals surface area contributed by atoms with Gasteiger partial charge in [0.2, 0.25) is 0 Å². The van der Waals surface area contributed by atoms with Gasteiger partial charge in [-0.2, -0.15) is 0 Å². The second-order valence-corrected chi connectivity index (χ2v) is 5.61. The van der Waals surface area contributed by atoms with Crippen LogP contribution in [-0.2, 0) is 4.74 Å². The van der Waals surface area contributed by atoms with Gasteiger partial charge in [-0.05, 0) is 19.1 Å². The van der Waals surface area contributed by atoms with Gasteiger partial charge >= 0.3 is 0 Å². The number of ether oxygens (including phenoxy) is 1. The van der Waals surface area contributed by atoms with Gasteiger partial charge in [-0.1, -0.05) is 24.3 Å². The summed E-state index contributed by atoms with van der Waals surface area (Å²) in [7, 11) is 0. The molecule has 0 aliphatic carbocycles. The third-order valence-electron chi connectivity index (χ3n) is 3.86. The lowest BCUT2D eigenvalue weighted by molar-refractivity contribution is 0.0778. The monoisotopic (exact) mass is 271 g/mol. The predicted octanol–water partition coefficient (Wildman–Crippen LogP) is 3.05. The molecule has 2 aliphatic rings. The number of para-hydroxylation sites is 2. The van der Waals surface area contributed by atoms with Crippen LogP contribution in [0.3, 0.4) is 0 Å². The zero-order chi connectivity index (χ0) is 14.0. The van der Waals surface area contributed by atoms with Crippen LogP contribution >= 0.6 is 0 Å². The van der Waals surface area contributed by atoms with E-state index in [-0.39, 0.29) is 5.54 Å². The maximum absolute atomic E-state index is 5.52. The van der Waals surface area contributed by atoms with E-state index in [0.717, 1.165) is 48.8 Å². The van der Waals surface area contributed by atoms with Crippen molar-refractivity contribution < 1.29 is 4.74 Å². The Balaban J connectivity index is 1.96. The van der Waals surface area contributed by atoms with E-state index in [1.807, 2.05) is 13.0 Å². The van der Waals surface area contributed by atoms with E-state index in [1.165, 1.54) is 0 Å². The maximum atomic E-state index is 5.52. The van der Waals surface area contributed by atoms with Gasteiger partial charge in [0, 0.05) is 26.1 Å². The van der Waals surface area contributed by atoms with Gasteiger partial charge in [-0.25, -0.2) is 0 Å². The minimum absolute atomic E-state index is 0.123. The molecular formula is C16H21N3O. The minimum atomic E-state index is -0.123. The molecule has 2 N–H and O–H groups in total. The molecule has 0 bridgehead atoms. The smallest absolute Gasteiger partial charge is 0.127 e. The third kappa shape index (κ3) is 2.43.